The van der Waals surface area contributed by atoms with Gasteiger partial charge in [0.2, 0.25) is 0 Å². The first-order valence-corrected chi connectivity index (χ1v) is 7.44. The van der Waals surface area contributed by atoms with Crippen LogP contribution >= 0.6 is 0 Å². The molecule has 0 aliphatic heterocycles. The smallest absolute Gasteiger partial charge is 0.196 e. The summed E-state index contributed by atoms with van der Waals surface area (Å²) in [5.41, 5.74) is 1.60. The largest absolute Gasteiger partial charge is 0.365 e. The van der Waals surface area contributed by atoms with Gasteiger partial charge in [0.1, 0.15) is 6.10 Å². The SMILES string of the molecule is CC(C)CCOC(C(=O)c1ccccc1)c1ccccc1. The number of benzene rings is 2. The van der Waals surface area contributed by atoms with Gasteiger partial charge in [-0.3, -0.25) is 4.79 Å². The van der Waals surface area contributed by atoms with Crippen molar-refractivity contribution in [3.8, 4) is 0 Å². The maximum Gasteiger partial charge on any atom is 0.196 e. The summed E-state index contributed by atoms with van der Waals surface area (Å²) < 4.78 is 5.91. The van der Waals surface area contributed by atoms with Gasteiger partial charge in [0.05, 0.1) is 0 Å². The summed E-state index contributed by atoms with van der Waals surface area (Å²) in [6.45, 7) is 4.90. The van der Waals surface area contributed by atoms with E-state index in [2.05, 4.69) is 13.8 Å². The van der Waals surface area contributed by atoms with E-state index in [0.29, 0.717) is 18.1 Å². The molecule has 2 heteroatoms. The Morgan fingerprint density at radius 2 is 1.52 bits per heavy atom. The lowest BCUT2D eigenvalue weighted by atomic mass is 10.00. The van der Waals surface area contributed by atoms with Crippen LogP contribution in [0.1, 0.15) is 42.3 Å². The lowest BCUT2D eigenvalue weighted by Gasteiger charge is -2.18. The van der Waals surface area contributed by atoms with Crippen molar-refractivity contribution < 1.29 is 9.53 Å². The first-order valence-electron chi connectivity index (χ1n) is 7.44. The molecule has 1 atom stereocenters. The van der Waals surface area contributed by atoms with Crippen LogP contribution < -0.4 is 0 Å². The van der Waals surface area contributed by atoms with Gasteiger partial charge >= 0.3 is 0 Å². The zero-order valence-electron chi connectivity index (χ0n) is 12.7. The molecule has 0 bridgehead atoms. The summed E-state index contributed by atoms with van der Waals surface area (Å²) in [4.78, 5) is 12.7. The summed E-state index contributed by atoms with van der Waals surface area (Å²) in [6, 6.07) is 19.1. The highest BCUT2D eigenvalue weighted by Crippen LogP contribution is 2.23. The third-order valence-corrected chi connectivity index (χ3v) is 3.38. The topological polar surface area (TPSA) is 26.3 Å². The second kappa shape index (κ2) is 7.75. The number of Topliss-reactive ketones (excluding diaryl/α,β-unsaturated/α-hetero) is 1. The fourth-order valence-electron chi connectivity index (χ4n) is 2.13. The molecule has 0 radical (unpaired) electrons. The monoisotopic (exact) mass is 282 g/mol. The summed E-state index contributed by atoms with van der Waals surface area (Å²) in [7, 11) is 0. The molecule has 0 spiro atoms. The first kappa shape index (κ1) is 15.5. The van der Waals surface area contributed by atoms with Crippen LogP contribution in [0.15, 0.2) is 60.7 Å². The summed E-state index contributed by atoms with van der Waals surface area (Å²) >= 11 is 0. The summed E-state index contributed by atoms with van der Waals surface area (Å²) in [6.07, 6.45) is 0.429. The summed E-state index contributed by atoms with van der Waals surface area (Å²) in [5, 5.41) is 0. The Morgan fingerprint density at radius 3 is 2.10 bits per heavy atom. The lowest BCUT2D eigenvalue weighted by molar-refractivity contribution is 0.0369. The maximum atomic E-state index is 12.7. The molecular weight excluding hydrogens is 260 g/mol. The molecule has 0 fully saturated rings. The first-order chi connectivity index (χ1) is 10.2. The number of rotatable bonds is 7. The molecule has 0 aliphatic rings. The van der Waals surface area contributed by atoms with Gasteiger partial charge in [0, 0.05) is 12.2 Å². The fraction of sp³-hybridized carbons (Fsp3) is 0.316. The Bertz CT molecular complexity index is 546. The van der Waals surface area contributed by atoms with Crippen molar-refractivity contribution >= 4 is 5.78 Å². The fourth-order valence-corrected chi connectivity index (χ4v) is 2.13. The van der Waals surface area contributed by atoms with E-state index in [1.165, 1.54) is 0 Å². The van der Waals surface area contributed by atoms with Crippen LogP contribution in [-0.4, -0.2) is 12.4 Å². The highest BCUT2D eigenvalue weighted by atomic mass is 16.5. The van der Waals surface area contributed by atoms with Gasteiger partial charge in [-0.1, -0.05) is 74.5 Å². The minimum Gasteiger partial charge on any atom is -0.365 e. The quantitative estimate of drug-likeness (QED) is 0.690. The van der Waals surface area contributed by atoms with Gasteiger partial charge in [0.25, 0.3) is 0 Å². The Hall–Kier alpha value is -1.93. The molecule has 0 aliphatic carbocycles. The highest BCUT2D eigenvalue weighted by molar-refractivity contribution is 6.00. The Labute approximate surface area is 126 Å². The minimum atomic E-state index is -0.521. The molecule has 2 nitrogen and oxygen atoms in total. The van der Waals surface area contributed by atoms with Crippen molar-refractivity contribution in [2.24, 2.45) is 5.92 Å². The standard InChI is InChI=1S/C19H22O2/c1-15(2)13-14-21-19(17-11-7-4-8-12-17)18(20)16-9-5-3-6-10-16/h3-12,15,19H,13-14H2,1-2H3. The van der Waals surface area contributed by atoms with Crippen LogP contribution in [0.2, 0.25) is 0 Å². The van der Waals surface area contributed by atoms with E-state index < -0.39 is 6.10 Å². The van der Waals surface area contributed by atoms with E-state index in [1.54, 1.807) is 0 Å². The van der Waals surface area contributed by atoms with Crippen LogP contribution in [0, 0.1) is 5.92 Å². The van der Waals surface area contributed by atoms with E-state index in [0.717, 1.165) is 12.0 Å². The molecule has 0 N–H and O–H groups in total. The van der Waals surface area contributed by atoms with Crippen molar-refractivity contribution in [3.05, 3.63) is 71.8 Å². The molecule has 0 saturated carbocycles. The third kappa shape index (κ3) is 4.54. The average molecular weight is 282 g/mol. The average Bonchev–Trinajstić information content (AvgIpc) is 2.52. The molecule has 1 unspecified atom stereocenters. The number of carbonyl (C=O) groups is 1. The summed E-state index contributed by atoms with van der Waals surface area (Å²) in [5.74, 6) is 0.582. The number of carbonyl (C=O) groups excluding carboxylic acids is 1. The van der Waals surface area contributed by atoms with Gasteiger partial charge < -0.3 is 4.74 Å². The second-order valence-corrected chi connectivity index (χ2v) is 5.57. The van der Waals surface area contributed by atoms with Crippen molar-refractivity contribution in [2.45, 2.75) is 26.4 Å². The van der Waals surface area contributed by atoms with E-state index in [9.17, 15) is 4.79 Å². The molecule has 2 aromatic rings. The predicted molar refractivity (Wildman–Crippen MR) is 85.4 cm³/mol. The van der Waals surface area contributed by atoms with E-state index in [1.807, 2.05) is 60.7 Å². The van der Waals surface area contributed by atoms with Gasteiger partial charge in [-0.05, 0) is 17.9 Å². The molecule has 21 heavy (non-hydrogen) atoms. The lowest BCUT2D eigenvalue weighted by Crippen LogP contribution is -2.17. The maximum absolute atomic E-state index is 12.7. The number of ketones is 1. The predicted octanol–water partition coefficient (Wildman–Crippen LogP) is 4.67. The van der Waals surface area contributed by atoms with E-state index >= 15 is 0 Å². The van der Waals surface area contributed by atoms with Gasteiger partial charge in [-0.2, -0.15) is 0 Å². The molecule has 110 valence electrons. The van der Waals surface area contributed by atoms with Crippen molar-refractivity contribution in [2.75, 3.05) is 6.61 Å². The van der Waals surface area contributed by atoms with Crippen molar-refractivity contribution in [1.29, 1.82) is 0 Å². The van der Waals surface area contributed by atoms with Crippen molar-refractivity contribution in [1.82, 2.24) is 0 Å². The van der Waals surface area contributed by atoms with Gasteiger partial charge in [-0.25, -0.2) is 0 Å². The molecule has 0 amide bonds. The Balaban J connectivity index is 2.17. The molecule has 2 rings (SSSR count). The van der Waals surface area contributed by atoms with Crippen LogP contribution in [0.4, 0.5) is 0 Å². The molecular formula is C19H22O2. The minimum absolute atomic E-state index is 0.0190. The number of hydrogen-bond acceptors (Lipinski definition) is 2. The third-order valence-electron chi connectivity index (χ3n) is 3.38. The van der Waals surface area contributed by atoms with Crippen LogP contribution in [0.5, 0.6) is 0 Å². The zero-order valence-corrected chi connectivity index (χ0v) is 12.7. The number of hydrogen-bond donors (Lipinski definition) is 0. The van der Waals surface area contributed by atoms with E-state index in [4.69, 9.17) is 4.74 Å². The van der Waals surface area contributed by atoms with Gasteiger partial charge in [0.15, 0.2) is 5.78 Å². The Kier molecular flexibility index (Phi) is 5.70. The van der Waals surface area contributed by atoms with Crippen molar-refractivity contribution in [3.63, 3.8) is 0 Å². The molecule has 0 heterocycles. The normalized spacial score (nSPS) is 12.3. The highest BCUT2D eigenvalue weighted by Gasteiger charge is 2.22. The van der Waals surface area contributed by atoms with Crippen LogP contribution in [0.25, 0.3) is 0 Å². The molecule has 2 aromatic carbocycles. The van der Waals surface area contributed by atoms with E-state index in [-0.39, 0.29) is 5.78 Å². The number of ether oxygens (including phenoxy) is 1. The second-order valence-electron chi connectivity index (χ2n) is 5.57. The van der Waals surface area contributed by atoms with Crippen LogP contribution in [0.3, 0.4) is 0 Å². The van der Waals surface area contributed by atoms with Crippen LogP contribution in [-0.2, 0) is 4.74 Å². The Morgan fingerprint density at radius 1 is 0.952 bits per heavy atom. The molecule has 0 saturated heterocycles. The molecule has 0 aromatic heterocycles. The zero-order chi connectivity index (χ0) is 15.1. The van der Waals surface area contributed by atoms with Gasteiger partial charge in [-0.15, -0.1) is 0 Å².